The van der Waals surface area contributed by atoms with Crippen LogP contribution in [0.2, 0.25) is 0 Å². The summed E-state index contributed by atoms with van der Waals surface area (Å²) < 4.78 is 12.3. The molecular weight excluding hydrogens is 158 g/mol. The summed E-state index contributed by atoms with van der Waals surface area (Å²) in [5, 5.41) is 0. The van der Waals surface area contributed by atoms with Crippen molar-refractivity contribution in [1.82, 2.24) is 4.72 Å². The third-order valence-corrected chi connectivity index (χ3v) is 1.90. The summed E-state index contributed by atoms with van der Waals surface area (Å²) in [5.74, 6) is 0. The molecule has 0 aromatic rings. The predicted octanol–water partition coefficient (Wildman–Crippen LogP) is 2.85. The fraction of sp³-hybridized carbons (Fsp3) is 1.00. The van der Waals surface area contributed by atoms with Gasteiger partial charge in [-0.3, -0.25) is 4.72 Å². The van der Waals surface area contributed by atoms with Crippen molar-refractivity contribution >= 4 is 10.5 Å². The first kappa shape index (κ1) is 13.8. The van der Waals surface area contributed by atoms with Crippen LogP contribution >= 0.6 is 10.5 Å². The maximum atomic E-state index is 9.22. The van der Waals surface area contributed by atoms with Crippen LogP contribution in [-0.2, 0) is 0 Å². The Labute approximate surface area is 73.0 Å². The molecule has 0 fully saturated rings. The normalized spacial score (nSPS) is 11.8. The third kappa shape index (κ3) is 17.9. The quantitative estimate of drug-likeness (QED) is 0.654. The Bertz CT molecular complexity index is 71.0. The van der Waals surface area contributed by atoms with E-state index in [2.05, 4.69) is 11.6 Å². The van der Waals surface area contributed by atoms with Crippen LogP contribution in [0.4, 0.5) is 0 Å². The molecule has 0 atom stereocenters. The fourth-order valence-electron chi connectivity index (χ4n) is 0.499. The van der Waals surface area contributed by atoms with Crippen molar-refractivity contribution in [3.05, 3.63) is 0 Å². The minimum absolute atomic E-state index is 0.940. The molecule has 0 unspecified atom stereocenters. The Morgan fingerprint density at radius 2 is 1.73 bits per heavy atom. The summed E-state index contributed by atoms with van der Waals surface area (Å²) in [7, 11) is -1.45. The zero-order chi connectivity index (χ0) is 9.33. The average molecular weight is 181 g/mol. The number of nitrogens with one attached hydrogen (secondary N) is 1. The smallest absolute Gasteiger partial charge is 0.00623 e. The van der Waals surface area contributed by atoms with Gasteiger partial charge in [0.05, 0.1) is 0 Å². The third-order valence-electron chi connectivity index (χ3n) is 0.986. The summed E-state index contributed by atoms with van der Waals surface area (Å²) in [6.45, 7) is 7.08. The highest BCUT2D eigenvalue weighted by atomic mass is 32.3. The van der Waals surface area contributed by atoms with Crippen LogP contribution < -0.4 is 4.72 Å². The van der Waals surface area contributed by atoms with Crippen molar-refractivity contribution in [3.8, 4) is 0 Å². The average Bonchev–Trinajstić information content (AvgIpc) is 1.90. The molecule has 0 aliphatic rings. The van der Waals surface area contributed by atoms with Crippen LogP contribution in [0.25, 0.3) is 0 Å². The van der Waals surface area contributed by atoms with Crippen molar-refractivity contribution in [3.63, 3.8) is 0 Å². The molecule has 0 saturated heterocycles. The molecule has 3 heteroatoms. The lowest BCUT2D eigenvalue weighted by Crippen LogP contribution is -2.18. The van der Waals surface area contributed by atoms with E-state index < -0.39 is 10.5 Å². The van der Waals surface area contributed by atoms with E-state index >= 15 is 0 Å². The first-order valence-electron chi connectivity index (χ1n) is 4.26. The van der Waals surface area contributed by atoms with E-state index in [0.29, 0.717) is 0 Å². The second-order valence-electron chi connectivity index (χ2n) is 2.52. The highest BCUT2D eigenvalue weighted by Gasteiger charge is 2.01. The molecule has 0 aromatic carbocycles. The van der Waals surface area contributed by atoms with Gasteiger partial charge in [0.1, 0.15) is 0 Å². The highest BCUT2D eigenvalue weighted by molar-refractivity contribution is 8.26. The lowest BCUT2D eigenvalue weighted by molar-refractivity contribution is 0.614. The van der Waals surface area contributed by atoms with Crippen LogP contribution in [0.5, 0.6) is 0 Å². The zero-order valence-corrected chi connectivity index (χ0v) is 9.29. The topological polar surface area (TPSA) is 32.3 Å². The highest BCUT2D eigenvalue weighted by Crippen LogP contribution is 2.27. The van der Waals surface area contributed by atoms with E-state index in [-0.39, 0.29) is 0 Å². The minimum Gasteiger partial charge on any atom is -0.339 e. The molecule has 11 heavy (non-hydrogen) atoms. The molecule has 0 heterocycles. The van der Waals surface area contributed by atoms with Crippen LogP contribution in [0, 0.1) is 0 Å². The molecule has 0 spiro atoms. The van der Waals surface area contributed by atoms with E-state index in [4.69, 9.17) is 0 Å². The molecule has 0 aliphatic carbocycles. The first-order chi connectivity index (χ1) is 5.06. The van der Waals surface area contributed by atoms with Gasteiger partial charge in [-0.05, 0) is 18.9 Å². The summed E-state index contributed by atoms with van der Waals surface area (Å²) in [4.78, 5) is 0. The molecule has 0 amide bonds. The SMILES string of the molecule is CC.CCCCNS(C)(C)O. The lowest BCUT2D eigenvalue weighted by atomic mass is 10.3. The van der Waals surface area contributed by atoms with E-state index in [9.17, 15) is 4.55 Å². The van der Waals surface area contributed by atoms with Gasteiger partial charge in [0.2, 0.25) is 0 Å². The van der Waals surface area contributed by atoms with Crippen LogP contribution in [0.15, 0.2) is 0 Å². The molecular formula is C8H23NOS. The van der Waals surface area contributed by atoms with Crippen molar-refractivity contribution in [2.75, 3.05) is 19.1 Å². The van der Waals surface area contributed by atoms with Gasteiger partial charge in [-0.25, -0.2) is 0 Å². The molecule has 0 bridgehead atoms. The maximum absolute atomic E-state index is 9.22. The molecule has 0 aromatic heterocycles. The van der Waals surface area contributed by atoms with Crippen LogP contribution in [0.3, 0.4) is 0 Å². The number of hydrogen-bond donors (Lipinski definition) is 2. The standard InChI is InChI=1S/C6H17NOS.C2H6/c1-4-5-6-7-9(2,3)8;1-2/h7-8H,4-6H2,1-3H3;1-2H3. The van der Waals surface area contributed by atoms with Crippen molar-refractivity contribution in [2.45, 2.75) is 33.6 Å². The number of rotatable bonds is 4. The minimum atomic E-state index is -1.45. The molecule has 72 valence electrons. The molecule has 2 nitrogen and oxygen atoms in total. The molecule has 0 rings (SSSR count). The van der Waals surface area contributed by atoms with Gasteiger partial charge in [-0.15, -0.1) is 0 Å². The van der Waals surface area contributed by atoms with Gasteiger partial charge in [0.15, 0.2) is 0 Å². The predicted molar refractivity (Wildman–Crippen MR) is 56.3 cm³/mol. The summed E-state index contributed by atoms with van der Waals surface area (Å²) in [6, 6.07) is 0. The molecule has 0 aliphatic heterocycles. The molecule has 2 N–H and O–H groups in total. The van der Waals surface area contributed by atoms with Gasteiger partial charge >= 0.3 is 0 Å². The summed E-state index contributed by atoms with van der Waals surface area (Å²) in [5.41, 5.74) is 0. The van der Waals surface area contributed by atoms with Gasteiger partial charge < -0.3 is 4.55 Å². The van der Waals surface area contributed by atoms with Gasteiger partial charge in [0, 0.05) is 6.54 Å². The number of unbranched alkanes of at least 4 members (excludes halogenated alkanes) is 1. The van der Waals surface area contributed by atoms with Crippen molar-refractivity contribution in [2.24, 2.45) is 0 Å². The van der Waals surface area contributed by atoms with Gasteiger partial charge in [-0.1, -0.05) is 37.7 Å². The monoisotopic (exact) mass is 181 g/mol. The maximum Gasteiger partial charge on any atom is 0.00623 e. The Hall–Kier alpha value is 0.270. The lowest BCUT2D eigenvalue weighted by Gasteiger charge is -2.24. The van der Waals surface area contributed by atoms with E-state index in [1.54, 1.807) is 0 Å². The largest absolute Gasteiger partial charge is 0.339 e. The van der Waals surface area contributed by atoms with Gasteiger partial charge in [-0.2, -0.15) is 0 Å². The van der Waals surface area contributed by atoms with Crippen LogP contribution in [0.1, 0.15) is 33.6 Å². The van der Waals surface area contributed by atoms with E-state index in [1.807, 2.05) is 26.4 Å². The molecule has 0 radical (unpaired) electrons. The second kappa shape index (κ2) is 8.37. The van der Waals surface area contributed by atoms with E-state index in [0.717, 1.165) is 13.0 Å². The summed E-state index contributed by atoms with van der Waals surface area (Å²) >= 11 is 0. The number of hydrogen-bond acceptors (Lipinski definition) is 2. The van der Waals surface area contributed by atoms with Crippen molar-refractivity contribution in [1.29, 1.82) is 0 Å². The van der Waals surface area contributed by atoms with Crippen molar-refractivity contribution < 1.29 is 4.55 Å². The van der Waals surface area contributed by atoms with E-state index in [1.165, 1.54) is 6.42 Å². The Morgan fingerprint density at radius 3 is 2.00 bits per heavy atom. The second-order valence-corrected chi connectivity index (χ2v) is 5.36. The Balaban J connectivity index is 0. The van der Waals surface area contributed by atoms with Crippen LogP contribution in [-0.4, -0.2) is 23.6 Å². The first-order valence-corrected chi connectivity index (χ1v) is 6.67. The molecule has 0 saturated carbocycles. The Morgan fingerprint density at radius 1 is 1.27 bits per heavy atom. The Kier molecular flexibility index (Phi) is 10.5. The zero-order valence-electron chi connectivity index (χ0n) is 8.48. The fourth-order valence-corrected chi connectivity index (χ4v) is 1.14. The van der Waals surface area contributed by atoms with Gasteiger partial charge in [0.25, 0.3) is 0 Å². The summed E-state index contributed by atoms with van der Waals surface area (Å²) in [6.07, 6.45) is 6.00.